The first-order valence-corrected chi connectivity index (χ1v) is 5.48. The molecule has 1 aliphatic carbocycles. The van der Waals surface area contributed by atoms with Crippen LogP contribution in [0.3, 0.4) is 0 Å². The van der Waals surface area contributed by atoms with E-state index < -0.39 is 0 Å². The summed E-state index contributed by atoms with van der Waals surface area (Å²) in [5.41, 5.74) is 5.77. The van der Waals surface area contributed by atoms with Crippen LogP contribution < -0.4 is 0 Å². The molecule has 0 saturated carbocycles. The second-order valence-electron chi connectivity index (χ2n) is 3.72. The van der Waals surface area contributed by atoms with Crippen molar-refractivity contribution in [3.05, 3.63) is 32.8 Å². The van der Waals surface area contributed by atoms with Crippen LogP contribution in [-0.4, -0.2) is 6.21 Å². The van der Waals surface area contributed by atoms with Crippen molar-refractivity contribution in [3.63, 3.8) is 0 Å². The normalized spacial score (nSPS) is 17.6. The van der Waals surface area contributed by atoms with Gasteiger partial charge in [-0.2, -0.15) is 0 Å². The Balaban J connectivity index is 2.30. The summed E-state index contributed by atoms with van der Waals surface area (Å²) >= 11 is 3.70. The van der Waals surface area contributed by atoms with Crippen LogP contribution in [0.4, 0.5) is 0 Å². The smallest absolute Gasteiger partial charge is 0.0657 e. The van der Waals surface area contributed by atoms with Gasteiger partial charge in [0.2, 0.25) is 0 Å². The highest BCUT2D eigenvalue weighted by Crippen LogP contribution is 2.35. The molecule has 3 rings (SSSR count). The number of rotatable bonds is 0. The van der Waals surface area contributed by atoms with E-state index in [1.54, 1.807) is 0 Å². The molecule has 1 aliphatic heterocycles. The van der Waals surface area contributed by atoms with Gasteiger partial charge in [-0.15, -0.1) is 0 Å². The summed E-state index contributed by atoms with van der Waals surface area (Å²) in [5.74, 6) is 0. The molecule has 1 heterocycles. The number of halogens is 1. The standard InChI is InChI=1S/C11H10BrN/c12-11-9-3-1-2-7(9)4-8-5-13-6-10(8)11/h4-5H,1-3,6H2. The maximum atomic E-state index is 4.30. The van der Waals surface area contributed by atoms with Crippen LogP contribution in [0.15, 0.2) is 15.5 Å². The number of benzene rings is 1. The van der Waals surface area contributed by atoms with E-state index in [4.69, 9.17) is 0 Å². The molecule has 1 aromatic rings. The zero-order valence-corrected chi connectivity index (χ0v) is 8.89. The highest BCUT2D eigenvalue weighted by atomic mass is 79.9. The van der Waals surface area contributed by atoms with E-state index in [1.807, 2.05) is 6.21 Å². The first-order chi connectivity index (χ1) is 6.36. The van der Waals surface area contributed by atoms with Crippen LogP contribution in [0, 0.1) is 0 Å². The van der Waals surface area contributed by atoms with Gasteiger partial charge >= 0.3 is 0 Å². The summed E-state index contributed by atoms with van der Waals surface area (Å²) in [6, 6.07) is 2.32. The molecule has 13 heavy (non-hydrogen) atoms. The lowest BCUT2D eigenvalue weighted by molar-refractivity contribution is 0.909. The molecule has 0 amide bonds. The Morgan fingerprint density at radius 3 is 3.08 bits per heavy atom. The van der Waals surface area contributed by atoms with Gasteiger partial charge < -0.3 is 0 Å². The van der Waals surface area contributed by atoms with Crippen molar-refractivity contribution in [1.29, 1.82) is 0 Å². The van der Waals surface area contributed by atoms with E-state index in [1.165, 1.54) is 46.0 Å². The third-order valence-corrected chi connectivity index (χ3v) is 3.91. The molecule has 0 aromatic heterocycles. The average Bonchev–Trinajstić information content (AvgIpc) is 2.71. The van der Waals surface area contributed by atoms with Gasteiger partial charge in [-0.25, -0.2) is 0 Å². The molecule has 0 bridgehead atoms. The lowest BCUT2D eigenvalue weighted by atomic mass is 10.0. The second-order valence-corrected chi connectivity index (χ2v) is 4.51. The molecule has 0 atom stereocenters. The largest absolute Gasteiger partial charge is 0.288 e. The maximum Gasteiger partial charge on any atom is 0.0657 e. The molecule has 2 aliphatic rings. The molecule has 0 N–H and O–H groups in total. The summed E-state index contributed by atoms with van der Waals surface area (Å²) in [6.45, 7) is 0.864. The SMILES string of the molecule is Brc1c2c(cc3c1CCC3)C=NC2. The number of fused-ring (bicyclic) bond motifs is 2. The Morgan fingerprint density at radius 1 is 1.23 bits per heavy atom. The number of hydrogen-bond acceptors (Lipinski definition) is 1. The van der Waals surface area contributed by atoms with Gasteiger partial charge in [-0.1, -0.05) is 15.9 Å². The first-order valence-electron chi connectivity index (χ1n) is 4.69. The average molecular weight is 236 g/mol. The second kappa shape index (κ2) is 2.68. The Hall–Kier alpha value is -0.630. The molecule has 1 aromatic carbocycles. The zero-order chi connectivity index (χ0) is 8.84. The van der Waals surface area contributed by atoms with Crippen molar-refractivity contribution in [2.75, 3.05) is 0 Å². The highest BCUT2D eigenvalue weighted by Gasteiger charge is 2.20. The first kappa shape index (κ1) is 7.74. The van der Waals surface area contributed by atoms with Crippen LogP contribution in [-0.2, 0) is 19.4 Å². The molecule has 0 unspecified atom stereocenters. The van der Waals surface area contributed by atoms with Crippen LogP contribution in [0.5, 0.6) is 0 Å². The van der Waals surface area contributed by atoms with Crippen LogP contribution >= 0.6 is 15.9 Å². The molecule has 66 valence electrons. The van der Waals surface area contributed by atoms with Crippen molar-refractivity contribution in [3.8, 4) is 0 Å². The lowest BCUT2D eigenvalue weighted by Gasteiger charge is -2.07. The van der Waals surface area contributed by atoms with E-state index in [0.29, 0.717) is 0 Å². The minimum atomic E-state index is 0.864. The molecule has 0 spiro atoms. The van der Waals surface area contributed by atoms with E-state index in [0.717, 1.165) is 6.54 Å². The fraction of sp³-hybridized carbons (Fsp3) is 0.364. The van der Waals surface area contributed by atoms with Gasteiger partial charge in [-0.3, -0.25) is 4.99 Å². The lowest BCUT2D eigenvalue weighted by Crippen LogP contribution is -1.93. The summed E-state index contributed by atoms with van der Waals surface area (Å²) in [5, 5.41) is 0. The van der Waals surface area contributed by atoms with Gasteiger partial charge in [0.15, 0.2) is 0 Å². The Morgan fingerprint density at radius 2 is 2.15 bits per heavy atom. The Kier molecular flexibility index (Phi) is 1.59. The highest BCUT2D eigenvalue weighted by molar-refractivity contribution is 9.10. The minimum absolute atomic E-state index is 0.864. The number of nitrogens with zero attached hydrogens (tertiary/aromatic N) is 1. The van der Waals surface area contributed by atoms with Crippen molar-refractivity contribution < 1.29 is 0 Å². The van der Waals surface area contributed by atoms with Gasteiger partial charge in [-0.05, 0) is 47.6 Å². The van der Waals surface area contributed by atoms with Gasteiger partial charge in [0, 0.05) is 10.7 Å². The summed E-state index contributed by atoms with van der Waals surface area (Å²) in [7, 11) is 0. The molecular formula is C11H10BrN. The van der Waals surface area contributed by atoms with Gasteiger partial charge in [0.25, 0.3) is 0 Å². The summed E-state index contributed by atoms with van der Waals surface area (Å²) in [6.07, 6.45) is 5.80. The third kappa shape index (κ3) is 1.01. The molecule has 2 heteroatoms. The monoisotopic (exact) mass is 235 g/mol. The molecule has 0 radical (unpaired) electrons. The Labute approximate surface area is 86.0 Å². The number of hydrogen-bond donors (Lipinski definition) is 0. The predicted octanol–water partition coefficient (Wildman–Crippen LogP) is 2.87. The van der Waals surface area contributed by atoms with Crippen molar-refractivity contribution in [2.45, 2.75) is 25.8 Å². The van der Waals surface area contributed by atoms with Crippen molar-refractivity contribution in [2.24, 2.45) is 4.99 Å². The van der Waals surface area contributed by atoms with E-state index in [9.17, 15) is 0 Å². The van der Waals surface area contributed by atoms with E-state index in [-0.39, 0.29) is 0 Å². The summed E-state index contributed by atoms with van der Waals surface area (Å²) < 4.78 is 1.33. The Bertz CT molecular complexity index is 403. The van der Waals surface area contributed by atoms with E-state index >= 15 is 0 Å². The van der Waals surface area contributed by atoms with Crippen LogP contribution in [0.1, 0.15) is 28.7 Å². The molecular weight excluding hydrogens is 226 g/mol. The fourth-order valence-corrected chi connectivity index (χ4v) is 3.08. The predicted molar refractivity (Wildman–Crippen MR) is 57.5 cm³/mol. The van der Waals surface area contributed by atoms with Gasteiger partial charge in [0.05, 0.1) is 6.54 Å². The van der Waals surface area contributed by atoms with Crippen LogP contribution in [0.25, 0.3) is 0 Å². The van der Waals surface area contributed by atoms with Gasteiger partial charge in [0.1, 0.15) is 0 Å². The quantitative estimate of drug-likeness (QED) is 0.656. The fourth-order valence-electron chi connectivity index (χ4n) is 2.27. The minimum Gasteiger partial charge on any atom is -0.288 e. The van der Waals surface area contributed by atoms with E-state index in [2.05, 4.69) is 27.0 Å². The number of aryl methyl sites for hydroxylation is 1. The zero-order valence-electron chi connectivity index (χ0n) is 7.31. The van der Waals surface area contributed by atoms with Crippen LogP contribution in [0.2, 0.25) is 0 Å². The topological polar surface area (TPSA) is 12.4 Å². The summed E-state index contributed by atoms with van der Waals surface area (Å²) in [4.78, 5) is 4.30. The maximum absolute atomic E-state index is 4.30. The van der Waals surface area contributed by atoms with Crippen molar-refractivity contribution in [1.82, 2.24) is 0 Å². The molecule has 1 nitrogen and oxygen atoms in total. The molecule has 0 fully saturated rings. The third-order valence-electron chi connectivity index (χ3n) is 2.95. The van der Waals surface area contributed by atoms with Crippen molar-refractivity contribution >= 4 is 22.1 Å². The number of aliphatic imine (C=N–C) groups is 1. The molecule has 0 saturated heterocycles.